The van der Waals surface area contributed by atoms with Gasteiger partial charge in [-0.05, 0) is 18.9 Å². The maximum Gasteiger partial charge on any atom is 0.233 e. The Bertz CT molecular complexity index is 446. The molecule has 2 unspecified atom stereocenters. The van der Waals surface area contributed by atoms with Crippen LogP contribution in [0.2, 0.25) is 0 Å². The van der Waals surface area contributed by atoms with Crippen LogP contribution in [0, 0.1) is 5.92 Å². The van der Waals surface area contributed by atoms with E-state index in [1.165, 1.54) is 0 Å². The molecular weight excluding hydrogens is 294 g/mol. The Kier molecular flexibility index (Phi) is 4.17. The van der Waals surface area contributed by atoms with Gasteiger partial charge in [-0.3, -0.25) is 9.59 Å². The number of hydrogen-bond donors (Lipinski definition) is 0. The van der Waals surface area contributed by atoms with Crippen LogP contribution in [0.1, 0.15) is 18.9 Å². The highest BCUT2D eigenvalue weighted by atomic mass is 79.9. The van der Waals surface area contributed by atoms with Crippen molar-refractivity contribution in [3.05, 3.63) is 35.9 Å². The van der Waals surface area contributed by atoms with Gasteiger partial charge in [-0.15, -0.1) is 0 Å². The molecule has 2 atom stereocenters. The second-order valence-electron chi connectivity index (χ2n) is 4.69. The quantitative estimate of drug-likeness (QED) is 0.632. The predicted molar refractivity (Wildman–Crippen MR) is 73.4 cm³/mol. The average molecular weight is 310 g/mol. The van der Waals surface area contributed by atoms with Crippen molar-refractivity contribution in [1.29, 1.82) is 0 Å². The van der Waals surface area contributed by atoms with E-state index in [0.29, 0.717) is 13.0 Å². The van der Waals surface area contributed by atoms with Gasteiger partial charge >= 0.3 is 0 Å². The molecular formula is C14H16BrNO2. The van der Waals surface area contributed by atoms with Crippen LogP contribution in [0.3, 0.4) is 0 Å². The molecule has 0 radical (unpaired) electrons. The molecule has 2 rings (SSSR count). The minimum atomic E-state index is -0.455. The molecule has 0 saturated carbocycles. The number of Topliss-reactive ketones (excluding diaryl/α,β-unsaturated/α-hetero) is 1. The summed E-state index contributed by atoms with van der Waals surface area (Å²) < 4.78 is 0. The molecule has 1 amide bonds. The molecule has 96 valence electrons. The van der Waals surface area contributed by atoms with Gasteiger partial charge in [0.25, 0.3) is 0 Å². The first-order valence-corrected chi connectivity index (χ1v) is 7.18. The lowest BCUT2D eigenvalue weighted by Gasteiger charge is -2.21. The van der Waals surface area contributed by atoms with Crippen molar-refractivity contribution in [3.63, 3.8) is 0 Å². The molecule has 3 nitrogen and oxygen atoms in total. The maximum absolute atomic E-state index is 12.2. The number of ketones is 1. The highest BCUT2D eigenvalue weighted by Crippen LogP contribution is 2.27. The van der Waals surface area contributed by atoms with Gasteiger partial charge in [0.1, 0.15) is 0 Å². The molecule has 1 saturated heterocycles. The number of hydrogen-bond acceptors (Lipinski definition) is 2. The van der Waals surface area contributed by atoms with Gasteiger partial charge in [0.05, 0.1) is 11.2 Å². The van der Waals surface area contributed by atoms with Gasteiger partial charge in [0, 0.05) is 12.6 Å². The first kappa shape index (κ1) is 13.3. The molecule has 1 fully saturated rings. The molecule has 0 N–H and O–H groups in total. The number of halogens is 1. The van der Waals surface area contributed by atoms with Gasteiger partial charge in [-0.1, -0.05) is 46.3 Å². The number of likely N-dealkylation sites (tertiary alicyclic amines) is 1. The zero-order chi connectivity index (χ0) is 13.1. The van der Waals surface area contributed by atoms with E-state index in [1.807, 2.05) is 37.3 Å². The van der Waals surface area contributed by atoms with Gasteiger partial charge in [0.15, 0.2) is 5.78 Å². The highest BCUT2D eigenvalue weighted by Gasteiger charge is 2.40. The number of alkyl halides is 1. The zero-order valence-electron chi connectivity index (χ0n) is 10.3. The van der Waals surface area contributed by atoms with Crippen molar-refractivity contribution in [1.82, 2.24) is 4.90 Å². The van der Waals surface area contributed by atoms with E-state index < -0.39 is 5.92 Å². The topological polar surface area (TPSA) is 37.4 Å². The van der Waals surface area contributed by atoms with Crippen LogP contribution >= 0.6 is 15.9 Å². The number of nitrogens with zero attached hydrogens (tertiary/aromatic N) is 1. The van der Waals surface area contributed by atoms with Gasteiger partial charge < -0.3 is 4.90 Å². The summed E-state index contributed by atoms with van der Waals surface area (Å²) >= 11 is 3.14. The summed E-state index contributed by atoms with van der Waals surface area (Å²) in [5.41, 5.74) is 1.10. The third kappa shape index (κ3) is 2.64. The zero-order valence-corrected chi connectivity index (χ0v) is 11.9. The fourth-order valence-electron chi connectivity index (χ4n) is 2.36. The van der Waals surface area contributed by atoms with Crippen LogP contribution in [-0.4, -0.2) is 28.0 Å². The molecule has 1 heterocycles. The van der Waals surface area contributed by atoms with E-state index in [1.54, 1.807) is 4.90 Å². The molecule has 0 aliphatic carbocycles. The molecule has 18 heavy (non-hydrogen) atoms. The maximum atomic E-state index is 12.2. The van der Waals surface area contributed by atoms with Crippen molar-refractivity contribution in [3.8, 4) is 0 Å². The van der Waals surface area contributed by atoms with Gasteiger partial charge in [-0.2, -0.15) is 0 Å². The molecule has 1 aromatic carbocycles. The van der Waals surface area contributed by atoms with E-state index >= 15 is 0 Å². The normalized spacial score (nSPS) is 23.4. The number of carbonyl (C=O) groups excluding carboxylic acids is 2. The number of rotatable bonds is 4. The van der Waals surface area contributed by atoms with Crippen molar-refractivity contribution in [2.75, 3.05) is 5.33 Å². The Morgan fingerprint density at radius 1 is 1.39 bits per heavy atom. The molecule has 0 aromatic heterocycles. The Morgan fingerprint density at radius 2 is 2.06 bits per heavy atom. The smallest absolute Gasteiger partial charge is 0.233 e. The van der Waals surface area contributed by atoms with Crippen LogP contribution in [0.15, 0.2) is 30.3 Å². The van der Waals surface area contributed by atoms with Crippen molar-refractivity contribution >= 4 is 27.6 Å². The van der Waals surface area contributed by atoms with E-state index in [9.17, 15) is 9.59 Å². The second-order valence-corrected chi connectivity index (χ2v) is 5.25. The van der Waals surface area contributed by atoms with Crippen LogP contribution < -0.4 is 0 Å². The van der Waals surface area contributed by atoms with E-state index in [-0.39, 0.29) is 23.1 Å². The standard InChI is InChI=1S/C14H16BrNO2/c1-10-7-12(13(17)8-15)14(18)16(10)9-11-5-3-2-4-6-11/h2-6,10,12H,7-9H2,1H3. The molecule has 4 heteroatoms. The Hall–Kier alpha value is -1.16. The fraction of sp³-hybridized carbons (Fsp3) is 0.429. The Balaban J connectivity index is 2.10. The van der Waals surface area contributed by atoms with Crippen LogP contribution in [0.4, 0.5) is 0 Å². The van der Waals surface area contributed by atoms with Crippen LogP contribution in [0.5, 0.6) is 0 Å². The second kappa shape index (κ2) is 5.65. The van der Waals surface area contributed by atoms with Crippen molar-refractivity contribution < 1.29 is 9.59 Å². The summed E-state index contributed by atoms with van der Waals surface area (Å²) in [5.74, 6) is -0.499. The van der Waals surface area contributed by atoms with Crippen LogP contribution in [0.25, 0.3) is 0 Å². The average Bonchev–Trinajstić information content (AvgIpc) is 2.67. The van der Waals surface area contributed by atoms with Gasteiger partial charge in [-0.25, -0.2) is 0 Å². The minimum absolute atomic E-state index is 0.0117. The van der Waals surface area contributed by atoms with Crippen molar-refractivity contribution in [2.45, 2.75) is 25.9 Å². The minimum Gasteiger partial charge on any atom is -0.335 e. The predicted octanol–water partition coefficient (Wildman–Crippen LogP) is 2.39. The largest absolute Gasteiger partial charge is 0.335 e. The number of benzene rings is 1. The fourth-order valence-corrected chi connectivity index (χ4v) is 2.75. The summed E-state index contributed by atoms with van der Waals surface area (Å²) in [6, 6.07) is 10.0. The Morgan fingerprint density at radius 3 is 2.67 bits per heavy atom. The molecule has 1 aliphatic rings. The summed E-state index contributed by atoms with van der Waals surface area (Å²) in [6.07, 6.45) is 0.635. The molecule has 0 bridgehead atoms. The summed E-state index contributed by atoms with van der Waals surface area (Å²) in [7, 11) is 0. The highest BCUT2D eigenvalue weighted by molar-refractivity contribution is 9.09. The van der Waals surface area contributed by atoms with Crippen molar-refractivity contribution in [2.24, 2.45) is 5.92 Å². The summed E-state index contributed by atoms with van der Waals surface area (Å²) in [5, 5.41) is 0.259. The lowest BCUT2D eigenvalue weighted by Crippen LogP contribution is -2.33. The Labute approximate surface area is 115 Å². The first-order chi connectivity index (χ1) is 8.63. The summed E-state index contributed by atoms with van der Waals surface area (Å²) in [4.78, 5) is 25.7. The first-order valence-electron chi connectivity index (χ1n) is 6.06. The van der Waals surface area contributed by atoms with E-state index in [0.717, 1.165) is 5.56 Å². The summed E-state index contributed by atoms with van der Waals surface area (Å²) in [6.45, 7) is 2.59. The number of carbonyl (C=O) groups is 2. The number of amides is 1. The van der Waals surface area contributed by atoms with E-state index in [2.05, 4.69) is 15.9 Å². The lowest BCUT2D eigenvalue weighted by molar-refractivity contribution is -0.136. The molecule has 1 aromatic rings. The molecule has 0 spiro atoms. The lowest BCUT2D eigenvalue weighted by atomic mass is 10.0. The third-order valence-electron chi connectivity index (χ3n) is 3.41. The third-order valence-corrected chi connectivity index (χ3v) is 3.96. The van der Waals surface area contributed by atoms with Crippen LogP contribution in [-0.2, 0) is 16.1 Å². The van der Waals surface area contributed by atoms with E-state index in [4.69, 9.17) is 0 Å². The SMILES string of the molecule is CC1CC(C(=O)CBr)C(=O)N1Cc1ccccc1. The van der Waals surface area contributed by atoms with Gasteiger partial charge in [0.2, 0.25) is 5.91 Å². The molecule has 1 aliphatic heterocycles. The monoisotopic (exact) mass is 309 g/mol.